The number of hydrogen-bond acceptors (Lipinski definition) is 8. The quantitative estimate of drug-likeness (QED) is 0.318. The maximum atomic E-state index is 8.35. The Morgan fingerprint density at radius 2 is 0.600 bits per heavy atom. The first-order chi connectivity index (χ1) is 5.66. The van der Waals surface area contributed by atoms with Crippen LogP contribution in [0, 0.1) is 0 Å². The third-order valence-electron chi connectivity index (χ3n) is 0. The van der Waals surface area contributed by atoms with Crippen LogP contribution in [-0.4, -0.2) is 5.48 Å². The minimum Gasteiger partial charge on any atom is -0.772 e. The molecule has 2 N–H and O–H groups in total. The van der Waals surface area contributed by atoms with E-state index in [0.29, 0.717) is 0 Å². The molecular weight excluding hydrogens is 386 g/mol. The summed E-state index contributed by atoms with van der Waals surface area (Å²) in [5.41, 5.74) is 0. The Morgan fingerprint density at radius 3 is 0.600 bits per heavy atom. The zero-order valence-corrected chi connectivity index (χ0v) is 11.8. The first-order valence-corrected chi connectivity index (χ1v) is 4.38. The second-order valence-corrected chi connectivity index (χ2v) is 0.894. The molecule has 0 aliphatic carbocycles. The molecule has 0 atom stereocenters. The van der Waals surface area contributed by atoms with Gasteiger partial charge in [-0.15, -0.1) is 0 Å². The molecule has 0 saturated carbocycles. The predicted octanol–water partition coefficient (Wildman–Crippen LogP) is -2.62. The molecule has 0 fully saturated rings. The van der Waals surface area contributed by atoms with Gasteiger partial charge in [0, 0.05) is 0 Å². The summed E-state index contributed by atoms with van der Waals surface area (Å²) < 4.78 is 33.4. The van der Waals surface area contributed by atoms with Gasteiger partial charge in [0.25, 0.3) is 0 Å². The molecule has 0 aromatic rings. The number of hydrogen-bond donors (Lipinski definition) is 0. The van der Waals surface area contributed by atoms with Gasteiger partial charge in [0.15, 0.2) is 0 Å². The van der Waals surface area contributed by atoms with Gasteiger partial charge in [-0.3, -0.25) is 18.3 Å². The van der Waals surface area contributed by atoms with E-state index >= 15 is 0 Å². The van der Waals surface area contributed by atoms with E-state index in [0.717, 1.165) is 0 Å². The van der Waals surface area contributed by atoms with Crippen molar-refractivity contribution in [2.75, 3.05) is 0 Å². The minimum atomic E-state index is -1.08. The van der Waals surface area contributed by atoms with Crippen LogP contribution in [-0.2, 0) is 51.5 Å². The molecule has 0 rings (SSSR count). The fourth-order valence-corrected chi connectivity index (χ4v) is 0. The average Bonchev–Trinajstić information content (AvgIpc) is 1.92. The molecule has 9 nitrogen and oxygen atoms in total. The minimum absolute atomic E-state index is 0. The van der Waals surface area contributed by atoms with E-state index in [9.17, 15) is 0 Å². The Labute approximate surface area is 111 Å². The van der Waals surface area contributed by atoms with Crippen molar-refractivity contribution in [1.29, 1.82) is 0 Å². The van der Waals surface area contributed by atoms with Gasteiger partial charge in [-0.25, -0.2) is 0 Å². The van der Waals surface area contributed by atoms with E-state index in [1.165, 1.54) is 0 Å². The smallest absolute Gasteiger partial charge is 0.772 e. The fourth-order valence-electron chi connectivity index (χ4n) is 0. The van der Waals surface area contributed by atoms with Gasteiger partial charge in [0.1, 0.15) is 0 Å². The van der Waals surface area contributed by atoms with Crippen molar-refractivity contribution >= 4 is 34.7 Å². The Morgan fingerprint density at radius 1 is 0.600 bits per heavy atom. The largest absolute Gasteiger partial charge is 2.00 e. The maximum absolute atomic E-state index is 8.35. The summed E-state index contributed by atoms with van der Waals surface area (Å²) >= 11 is 0. The van der Waals surface area contributed by atoms with Crippen LogP contribution in [0.2, 0.25) is 0 Å². The fraction of sp³-hybridized carbons (Fsp3) is 0. The van der Waals surface area contributed by atoms with Gasteiger partial charge >= 0.3 is 33.3 Å². The van der Waals surface area contributed by atoms with Crippen molar-refractivity contribution in [3.63, 3.8) is 0 Å². The zero-order valence-electron chi connectivity index (χ0n) is 6.20. The molecule has 0 aromatic heterocycles. The monoisotopic (exact) mass is 387 g/mol. The summed E-state index contributed by atoms with van der Waals surface area (Å²) in [6.45, 7) is 0. The van der Waals surface area contributed by atoms with Crippen LogP contribution in [0.3, 0.4) is 0 Å². The van der Waals surface area contributed by atoms with Gasteiger partial charge in [-0.2, -0.15) is 0 Å². The Kier molecular flexibility index (Phi) is 334. The molecule has 0 bridgehead atoms. The molecule has 0 amide bonds. The molecule has 0 saturated heterocycles. The molecule has 95 valence electrons. The molecule has 0 aliphatic heterocycles. The van der Waals surface area contributed by atoms with Gasteiger partial charge in [0.05, 0.1) is 34.7 Å². The molecule has 1 radical (unpaired) electrons. The van der Waals surface area contributed by atoms with E-state index in [2.05, 4.69) is 0 Å². The molecular formula is H2CoNiO9P4. The van der Waals surface area contributed by atoms with Crippen molar-refractivity contribution in [3.8, 4) is 0 Å². The standard InChI is InChI=1S/Co.Ni.4HO2P.H2O/c;;4*1-3-2;/h;;4*(H,1,2);1H2/q2*+2;;;;;/p-4. The van der Waals surface area contributed by atoms with E-state index in [1.807, 2.05) is 0 Å². The maximum Gasteiger partial charge on any atom is 2.00 e. The first kappa shape index (κ1) is 44.2. The predicted molar refractivity (Wildman–Crippen MR) is 34.0 cm³/mol. The average molecular weight is 388 g/mol. The van der Waals surface area contributed by atoms with Crippen molar-refractivity contribution < 1.29 is 76.6 Å². The van der Waals surface area contributed by atoms with E-state index in [1.54, 1.807) is 0 Å². The molecule has 0 heterocycles. The van der Waals surface area contributed by atoms with Crippen LogP contribution in [0.25, 0.3) is 0 Å². The Balaban J connectivity index is -0.0000000107. The third-order valence-corrected chi connectivity index (χ3v) is 0. The van der Waals surface area contributed by atoms with Crippen LogP contribution >= 0.6 is 34.7 Å². The normalized spacial score (nSPS) is 5.60. The summed E-state index contributed by atoms with van der Waals surface area (Å²) in [7, 11) is -4.33. The van der Waals surface area contributed by atoms with Gasteiger partial charge < -0.3 is 25.0 Å². The van der Waals surface area contributed by atoms with Crippen LogP contribution < -0.4 is 19.6 Å². The van der Waals surface area contributed by atoms with Crippen molar-refractivity contribution in [2.45, 2.75) is 0 Å². The Hall–Kier alpha value is 1.20. The molecule has 0 spiro atoms. The van der Waals surface area contributed by atoms with Crippen molar-refractivity contribution in [2.24, 2.45) is 0 Å². The molecule has 15 heavy (non-hydrogen) atoms. The summed E-state index contributed by atoms with van der Waals surface area (Å²) in [5.74, 6) is 0. The van der Waals surface area contributed by atoms with Crippen LogP contribution in [0.5, 0.6) is 0 Å². The van der Waals surface area contributed by atoms with E-state index in [-0.39, 0.29) is 38.7 Å². The summed E-state index contributed by atoms with van der Waals surface area (Å²) in [4.78, 5) is 33.4. The summed E-state index contributed by atoms with van der Waals surface area (Å²) in [6.07, 6.45) is 0. The first-order valence-electron chi connectivity index (χ1n) is 1.46. The van der Waals surface area contributed by atoms with Crippen LogP contribution in [0.1, 0.15) is 0 Å². The van der Waals surface area contributed by atoms with Crippen molar-refractivity contribution in [3.05, 3.63) is 0 Å². The second kappa shape index (κ2) is 113. The van der Waals surface area contributed by atoms with E-state index < -0.39 is 34.7 Å². The van der Waals surface area contributed by atoms with Crippen LogP contribution in [0.4, 0.5) is 0 Å². The molecule has 0 aliphatic rings. The number of rotatable bonds is 0. The van der Waals surface area contributed by atoms with Gasteiger partial charge in [-0.05, 0) is 0 Å². The van der Waals surface area contributed by atoms with E-state index in [4.69, 9.17) is 37.8 Å². The van der Waals surface area contributed by atoms with Crippen LogP contribution in [0.15, 0.2) is 0 Å². The SMILES string of the molecule is O.O=P[O-].O=P[O-].O=P[O-].O=P[O-].[Co+2].[Ni+2]. The zero-order chi connectivity index (χ0) is 10.8. The molecule has 0 unspecified atom stereocenters. The Bertz CT molecular complexity index is 76.1. The summed E-state index contributed by atoms with van der Waals surface area (Å²) in [5, 5.41) is 0. The van der Waals surface area contributed by atoms with Gasteiger partial charge in [0.2, 0.25) is 0 Å². The molecule has 15 heteroatoms. The second-order valence-electron chi connectivity index (χ2n) is 0.298. The topological polar surface area (TPSA) is 192 Å². The third kappa shape index (κ3) is 1840. The van der Waals surface area contributed by atoms with Crippen molar-refractivity contribution in [1.82, 2.24) is 0 Å². The van der Waals surface area contributed by atoms with Gasteiger partial charge in [-0.1, -0.05) is 0 Å². The molecule has 0 aromatic carbocycles. The summed E-state index contributed by atoms with van der Waals surface area (Å²) in [6, 6.07) is 0.